The van der Waals surface area contributed by atoms with Gasteiger partial charge in [-0.25, -0.2) is 0 Å². The number of piperidine rings is 1. The smallest absolute Gasteiger partial charge is 0.255 e. The molecule has 1 unspecified atom stereocenters. The molecule has 0 aromatic heterocycles. The molecule has 2 N–H and O–H groups in total. The first kappa shape index (κ1) is 27.7. The van der Waals surface area contributed by atoms with Crippen LogP contribution in [0, 0.1) is 0 Å². The van der Waals surface area contributed by atoms with Crippen molar-refractivity contribution in [1.29, 1.82) is 0 Å². The van der Waals surface area contributed by atoms with Gasteiger partial charge in [0.2, 0.25) is 11.8 Å². The highest BCUT2D eigenvalue weighted by atomic mass is 16.6. The van der Waals surface area contributed by atoms with Gasteiger partial charge in [-0.15, -0.1) is 0 Å². The van der Waals surface area contributed by atoms with Gasteiger partial charge in [0.25, 0.3) is 5.91 Å². The van der Waals surface area contributed by atoms with Crippen molar-refractivity contribution < 1.29 is 33.3 Å². The molecule has 204 valence electrons. The zero-order valence-electron chi connectivity index (χ0n) is 21.5. The van der Waals surface area contributed by atoms with Crippen LogP contribution >= 0.6 is 0 Å². The topological polar surface area (TPSA) is 115 Å². The van der Waals surface area contributed by atoms with Crippen LogP contribution in [0.2, 0.25) is 0 Å². The zero-order chi connectivity index (χ0) is 26.6. The van der Waals surface area contributed by atoms with E-state index < -0.39 is 11.9 Å². The van der Waals surface area contributed by atoms with E-state index in [1.165, 1.54) is 0 Å². The van der Waals surface area contributed by atoms with Crippen LogP contribution in [-0.2, 0) is 41.7 Å². The normalized spacial score (nSPS) is 17.0. The molecule has 1 atom stereocenters. The fourth-order valence-electron chi connectivity index (χ4n) is 4.43. The van der Waals surface area contributed by atoms with E-state index in [-0.39, 0.29) is 18.2 Å². The molecule has 3 amide bonds. The highest BCUT2D eigenvalue weighted by molar-refractivity contribution is 6.06. The third kappa shape index (κ3) is 7.84. The molecule has 10 nitrogen and oxygen atoms in total. The average molecular weight is 526 g/mol. The second-order valence-corrected chi connectivity index (χ2v) is 9.03. The van der Waals surface area contributed by atoms with Gasteiger partial charge >= 0.3 is 0 Å². The van der Waals surface area contributed by atoms with Gasteiger partial charge in [0.05, 0.1) is 52.9 Å². The van der Waals surface area contributed by atoms with Crippen molar-refractivity contribution in [3.63, 3.8) is 0 Å². The number of amides is 3. The summed E-state index contributed by atoms with van der Waals surface area (Å²) in [6.07, 6.45) is 0.582. The summed E-state index contributed by atoms with van der Waals surface area (Å²) in [7, 11) is 0. The lowest BCUT2D eigenvalue weighted by Crippen LogP contribution is -2.52. The molecule has 1 fully saturated rings. The van der Waals surface area contributed by atoms with Gasteiger partial charge in [0, 0.05) is 36.3 Å². The monoisotopic (exact) mass is 525 g/mol. The van der Waals surface area contributed by atoms with Gasteiger partial charge in [0.1, 0.15) is 6.04 Å². The fraction of sp³-hybridized carbons (Fsp3) is 0.464. The molecule has 0 saturated carbocycles. The maximum absolute atomic E-state index is 12.9. The number of benzene rings is 2. The van der Waals surface area contributed by atoms with Gasteiger partial charge < -0.3 is 29.2 Å². The van der Waals surface area contributed by atoms with Crippen molar-refractivity contribution in [2.75, 3.05) is 58.1 Å². The lowest BCUT2D eigenvalue weighted by Gasteiger charge is -2.29. The standard InChI is InChI=1S/C28H35N3O7/c32-26-10-9-25(27(33)30-26)31-19-23-22(28(31)34)7-4-8-24(23)29-11-12-35-13-14-36-15-16-37-17-18-38-20-21-5-2-1-3-6-21/h1-8,25,29H,9-20H2,(H,30,32,33). The van der Waals surface area contributed by atoms with Gasteiger partial charge in [-0.05, 0) is 24.1 Å². The molecule has 2 heterocycles. The average Bonchev–Trinajstić information content (AvgIpc) is 3.26. The van der Waals surface area contributed by atoms with Crippen molar-refractivity contribution >= 4 is 23.4 Å². The van der Waals surface area contributed by atoms with E-state index in [9.17, 15) is 14.4 Å². The third-order valence-corrected chi connectivity index (χ3v) is 6.37. The summed E-state index contributed by atoms with van der Waals surface area (Å²) in [6.45, 7) is 4.97. The number of fused-ring (bicyclic) bond motifs is 1. The van der Waals surface area contributed by atoms with E-state index in [2.05, 4.69) is 10.6 Å². The summed E-state index contributed by atoms with van der Waals surface area (Å²) in [5.74, 6) is -0.890. The fourth-order valence-corrected chi connectivity index (χ4v) is 4.43. The SMILES string of the molecule is O=C1CCC(N2Cc3c(NCCOCCOCCOCCOCc4ccccc4)cccc3C2=O)C(=O)N1. The summed E-state index contributed by atoms with van der Waals surface area (Å²) in [5.41, 5.74) is 3.43. The lowest BCUT2D eigenvalue weighted by molar-refractivity contribution is -0.136. The Bertz CT molecular complexity index is 1080. The minimum absolute atomic E-state index is 0.185. The Hall–Kier alpha value is -3.31. The van der Waals surface area contributed by atoms with Gasteiger partial charge in [-0.3, -0.25) is 19.7 Å². The van der Waals surface area contributed by atoms with Gasteiger partial charge in [-0.2, -0.15) is 0 Å². The Balaban J connectivity index is 1.03. The maximum Gasteiger partial charge on any atom is 0.255 e. The summed E-state index contributed by atoms with van der Waals surface area (Å²) in [5, 5.41) is 5.65. The van der Waals surface area contributed by atoms with E-state index in [0.717, 1.165) is 16.8 Å². The minimum Gasteiger partial charge on any atom is -0.382 e. The predicted octanol–water partition coefficient (Wildman–Crippen LogP) is 2.13. The first-order valence-corrected chi connectivity index (χ1v) is 13.0. The van der Waals surface area contributed by atoms with Crippen LogP contribution in [0.5, 0.6) is 0 Å². The maximum atomic E-state index is 12.9. The number of nitrogens with one attached hydrogen (secondary N) is 2. The third-order valence-electron chi connectivity index (χ3n) is 6.37. The molecule has 0 radical (unpaired) electrons. The van der Waals surface area contributed by atoms with Crippen LogP contribution in [0.15, 0.2) is 48.5 Å². The number of carbonyl (C=O) groups excluding carboxylic acids is 3. The summed E-state index contributed by atoms with van der Waals surface area (Å²) >= 11 is 0. The van der Waals surface area contributed by atoms with E-state index in [1.54, 1.807) is 11.0 Å². The quantitative estimate of drug-likeness (QED) is 0.253. The molecule has 1 saturated heterocycles. The molecule has 10 heteroatoms. The highest BCUT2D eigenvalue weighted by Crippen LogP contribution is 2.32. The van der Waals surface area contributed by atoms with Crippen molar-refractivity contribution in [2.24, 2.45) is 0 Å². The molecule has 2 aromatic rings. The van der Waals surface area contributed by atoms with Crippen molar-refractivity contribution in [2.45, 2.75) is 32.0 Å². The number of imide groups is 1. The van der Waals surface area contributed by atoms with Crippen LogP contribution in [0.4, 0.5) is 5.69 Å². The summed E-state index contributed by atoms with van der Waals surface area (Å²) < 4.78 is 22.2. The van der Waals surface area contributed by atoms with Gasteiger partial charge in [-0.1, -0.05) is 36.4 Å². The molecule has 38 heavy (non-hydrogen) atoms. The van der Waals surface area contributed by atoms with Gasteiger partial charge in [0.15, 0.2) is 0 Å². The van der Waals surface area contributed by atoms with Crippen molar-refractivity contribution in [3.8, 4) is 0 Å². The summed E-state index contributed by atoms with van der Waals surface area (Å²) in [6, 6.07) is 14.9. The Kier molecular flexibility index (Phi) is 10.6. The molecule has 0 bridgehead atoms. The largest absolute Gasteiger partial charge is 0.382 e. The van der Waals surface area contributed by atoms with E-state index in [4.69, 9.17) is 18.9 Å². The Morgan fingerprint density at radius 2 is 1.50 bits per heavy atom. The molecule has 2 aliphatic heterocycles. The Morgan fingerprint density at radius 1 is 0.816 bits per heavy atom. The van der Waals surface area contributed by atoms with Crippen LogP contribution in [0.3, 0.4) is 0 Å². The lowest BCUT2D eigenvalue weighted by atomic mass is 10.0. The molecular weight excluding hydrogens is 490 g/mol. The molecule has 0 aliphatic carbocycles. The number of rotatable bonds is 16. The number of carbonyl (C=O) groups is 3. The second-order valence-electron chi connectivity index (χ2n) is 9.03. The number of ether oxygens (including phenoxy) is 4. The van der Waals surface area contributed by atoms with Crippen LogP contribution in [-0.4, -0.2) is 81.5 Å². The number of anilines is 1. The van der Waals surface area contributed by atoms with E-state index >= 15 is 0 Å². The minimum atomic E-state index is -0.623. The van der Waals surface area contributed by atoms with Crippen LogP contribution in [0.25, 0.3) is 0 Å². The van der Waals surface area contributed by atoms with Crippen molar-refractivity contribution in [3.05, 3.63) is 65.2 Å². The van der Waals surface area contributed by atoms with Crippen LogP contribution in [0.1, 0.15) is 34.3 Å². The summed E-state index contributed by atoms with van der Waals surface area (Å²) in [4.78, 5) is 38.1. The predicted molar refractivity (Wildman–Crippen MR) is 140 cm³/mol. The number of hydrogen-bond acceptors (Lipinski definition) is 8. The first-order chi connectivity index (χ1) is 18.6. The zero-order valence-corrected chi connectivity index (χ0v) is 21.5. The molecule has 2 aliphatic rings. The highest BCUT2D eigenvalue weighted by Gasteiger charge is 2.39. The molecule has 4 rings (SSSR count). The second kappa shape index (κ2) is 14.6. The molecule has 0 spiro atoms. The van der Waals surface area contributed by atoms with Crippen molar-refractivity contribution in [1.82, 2.24) is 10.2 Å². The van der Waals surface area contributed by atoms with E-state index in [1.807, 2.05) is 42.5 Å². The Morgan fingerprint density at radius 3 is 2.21 bits per heavy atom. The van der Waals surface area contributed by atoms with Crippen LogP contribution < -0.4 is 10.6 Å². The first-order valence-electron chi connectivity index (χ1n) is 13.0. The number of nitrogens with zero attached hydrogens (tertiary/aromatic N) is 1. The number of hydrogen-bond donors (Lipinski definition) is 2. The molecular formula is C28H35N3O7. The molecule has 2 aromatic carbocycles. The Labute approximate surface area is 222 Å². The van der Waals surface area contributed by atoms with E-state index in [0.29, 0.717) is 77.9 Å².